The molecule has 3 rings (SSSR count). The van der Waals surface area contributed by atoms with Gasteiger partial charge in [0.25, 0.3) is 0 Å². The van der Waals surface area contributed by atoms with E-state index in [1.807, 2.05) is 6.92 Å². The van der Waals surface area contributed by atoms with Gasteiger partial charge in [-0.3, -0.25) is 9.59 Å². The molecule has 0 fully saturated rings. The van der Waals surface area contributed by atoms with Crippen LogP contribution in [0.1, 0.15) is 19.8 Å². The smallest absolute Gasteiger partial charge is 0.237 e. The Morgan fingerprint density at radius 1 is 1.28 bits per heavy atom. The maximum absolute atomic E-state index is 13.2. The maximum Gasteiger partial charge on any atom is 0.237 e. The molecule has 1 atom stereocenters. The minimum Gasteiger partial charge on any atom is -0.326 e. The van der Waals surface area contributed by atoms with Crippen LogP contribution in [0, 0.1) is 5.82 Å². The van der Waals surface area contributed by atoms with Crippen LogP contribution < -0.4 is 10.6 Å². The molecule has 1 heterocycles. The fraction of sp³-hybridized carbons (Fsp3) is 0.263. The lowest BCUT2D eigenvalue weighted by molar-refractivity contribution is -0.116. The fourth-order valence-corrected chi connectivity index (χ4v) is 5.20. The van der Waals surface area contributed by atoms with Crippen LogP contribution in [0.3, 0.4) is 0 Å². The van der Waals surface area contributed by atoms with Crippen molar-refractivity contribution >= 4 is 56.4 Å². The van der Waals surface area contributed by atoms with E-state index < -0.39 is 27.3 Å². The van der Waals surface area contributed by atoms with Crippen molar-refractivity contribution in [2.45, 2.75) is 34.8 Å². The predicted molar refractivity (Wildman–Crippen MR) is 112 cm³/mol. The standard InChI is InChI=1S/C19H18ClFN2O4S2/c1-2-16-19(25)23-15-10-12(4-6-17(15)28-16)29(26,27)8-7-18(24)22-11-3-5-14(21)13(20)9-11/h3-6,9-10,16H,2,7-8H2,1H3,(H,22,24)(H,23,25). The van der Waals surface area contributed by atoms with Crippen LogP contribution in [0.15, 0.2) is 46.2 Å². The average Bonchev–Trinajstić information content (AvgIpc) is 2.68. The van der Waals surface area contributed by atoms with Gasteiger partial charge in [0.1, 0.15) is 5.82 Å². The van der Waals surface area contributed by atoms with Gasteiger partial charge in [-0.25, -0.2) is 12.8 Å². The summed E-state index contributed by atoms with van der Waals surface area (Å²) in [5, 5.41) is 4.88. The molecule has 29 heavy (non-hydrogen) atoms. The summed E-state index contributed by atoms with van der Waals surface area (Å²) in [5.41, 5.74) is 0.731. The molecule has 2 amide bonds. The third kappa shape index (κ3) is 5.09. The quantitative estimate of drug-likeness (QED) is 0.682. The minimum absolute atomic E-state index is 0.0322. The molecule has 0 aromatic heterocycles. The molecule has 2 N–H and O–H groups in total. The highest BCUT2D eigenvalue weighted by molar-refractivity contribution is 8.01. The van der Waals surface area contributed by atoms with Crippen LogP contribution >= 0.6 is 23.4 Å². The zero-order valence-electron chi connectivity index (χ0n) is 15.4. The summed E-state index contributed by atoms with van der Waals surface area (Å²) in [5.74, 6) is -1.72. The lowest BCUT2D eigenvalue weighted by Crippen LogP contribution is -2.28. The zero-order chi connectivity index (χ0) is 21.2. The first-order valence-corrected chi connectivity index (χ1v) is 11.7. The number of carbonyl (C=O) groups is 2. The van der Waals surface area contributed by atoms with Crippen molar-refractivity contribution in [3.05, 3.63) is 47.2 Å². The molecule has 0 bridgehead atoms. The number of nitrogens with one attached hydrogen (secondary N) is 2. The summed E-state index contributed by atoms with van der Waals surface area (Å²) in [7, 11) is -3.74. The van der Waals surface area contributed by atoms with E-state index >= 15 is 0 Å². The topological polar surface area (TPSA) is 92.3 Å². The van der Waals surface area contributed by atoms with E-state index in [0.29, 0.717) is 12.1 Å². The second-order valence-electron chi connectivity index (χ2n) is 6.41. The highest BCUT2D eigenvalue weighted by atomic mass is 35.5. The van der Waals surface area contributed by atoms with Crippen LogP contribution in [-0.4, -0.2) is 31.2 Å². The SMILES string of the molecule is CCC1Sc2ccc(S(=O)(=O)CCC(=O)Nc3ccc(F)c(Cl)c3)cc2NC1=O. The van der Waals surface area contributed by atoms with Crippen molar-refractivity contribution in [1.82, 2.24) is 0 Å². The second kappa shape index (κ2) is 8.73. The molecular formula is C19H18ClFN2O4S2. The lowest BCUT2D eigenvalue weighted by Gasteiger charge is -2.23. The highest BCUT2D eigenvalue weighted by Gasteiger charge is 2.27. The minimum atomic E-state index is -3.74. The van der Waals surface area contributed by atoms with Crippen LogP contribution in [0.4, 0.5) is 15.8 Å². The summed E-state index contributed by atoms with van der Waals surface area (Å²) in [6.07, 6.45) is 0.387. The van der Waals surface area contributed by atoms with Crippen LogP contribution in [0.2, 0.25) is 5.02 Å². The van der Waals surface area contributed by atoms with Crippen molar-refractivity contribution in [3.8, 4) is 0 Å². The molecule has 10 heteroatoms. The molecule has 0 saturated carbocycles. The first kappa shape index (κ1) is 21.6. The maximum atomic E-state index is 13.2. The molecule has 1 unspecified atom stereocenters. The number of amides is 2. The Kier molecular flexibility index (Phi) is 6.50. The van der Waals surface area contributed by atoms with Crippen molar-refractivity contribution in [2.75, 3.05) is 16.4 Å². The van der Waals surface area contributed by atoms with E-state index in [2.05, 4.69) is 10.6 Å². The van der Waals surface area contributed by atoms with Gasteiger partial charge in [0.2, 0.25) is 11.8 Å². The molecule has 0 spiro atoms. The summed E-state index contributed by atoms with van der Waals surface area (Å²) in [6, 6.07) is 8.24. The average molecular weight is 457 g/mol. The first-order chi connectivity index (χ1) is 13.7. The number of sulfone groups is 1. The zero-order valence-corrected chi connectivity index (χ0v) is 17.8. The second-order valence-corrected chi connectivity index (χ2v) is 10.2. The molecular weight excluding hydrogens is 439 g/mol. The Balaban J connectivity index is 1.66. The molecule has 154 valence electrons. The van der Waals surface area contributed by atoms with Crippen molar-refractivity contribution < 1.29 is 22.4 Å². The third-order valence-corrected chi connectivity index (χ3v) is 7.75. The number of hydrogen-bond acceptors (Lipinski definition) is 5. The Morgan fingerprint density at radius 3 is 2.72 bits per heavy atom. The van der Waals surface area contributed by atoms with Crippen molar-refractivity contribution in [1.29, 1.82) is 0 Å². The van der Waals surface area contributed by atoms with Crippen molar-refractivity contribution in [3.63, 3.8) is 0 Å². The first-order valence-electron chi connectivity index (χ1n) is 8.79. The highest BCUT2D eigenvalue weighted by Crippen LogP contribution is 2.38. The van der Waals surface area contributed by atoms with E-state index in [0.717, 1.165) is 11.0 Å². The Morgan fingerprint density at radius 2 is 2.03 bits per heavy atom. The number of thioether (sulfide) groups is 1. The summed E-state index contributed by atoms with van der Waals surface area (Å²) >= 11 is 7.06. The molecule has 0 aliphatic carbocycles. The number of hydrogen-bond donors (Lipinski definition) is 2. The van der Waals surface area contributed by atoms with E-state index in [9.17, 15) is 22.4 Å². The summed E-state index contributed by atoms with van der Waals surface area (Å²) in [6.45, 7) is 1.91. The van der Waals surface area contributed by atoms with Crippen LogP contribution in [0.25, 0.3) is 0 Å². The number of anilines is 2. The van der Waals surface area contributed by atoms with E-state index in [1.165, 1.54) is 36.0 Å². The van der Waals surface area contributed by atoms with Gasteiger partial charge in [-0.05, 0) is 42.8 Å². The van der Waals surface area contributed by atoms with Gasteiger partial charge in [-0.2, -0.15) is 0 Å². The number of halogens is 2. The molecule has 6 nitrogen and oxygen atoms in total. The molecule has 0 radical (unpaired) electrons. The Hall–Kier alpha value is -2.10. The molecule has 1 aliphatic rings. The van der Waals surface area contributed by atoms with Gasteiger partial charge in [0, 0.05) is 17.0 Å². The normalized spacial score (nSPS) is 16.1. The van der Waals surface area contributed by atoms with Crippen LogP contribution in [-0.2, 0) is 19.4 Å². The Labute approximate surface area is 177 Å². The largest absolute Gasteiger partial charge is 0.326 e. The molecule has 2 aromatic carbocycles. The predicted octanol–water partition coefficient (Wildman–Crippen LogP) is 4.10. The van der Waals surface area contributed by atoms with Gasteiger partial charge >= 0.3 is 0 Å². The van der Waals surface area contributed by atoms with Crippen molar-refractivity contribution in [2.24, 2.45) is 0 Å². The molecule has 2 aromatic rings. The Bertz CT molecular complexity index is 1080. The van der Waals surface area contributed by atoms with Gasteiger partial charge in [-0.1, -0.05) is 18.5 Å². The number of benzene rings is 2. The van der Waals surface area contributed by atoms with Gasteiger partial charge in [-0.15, -0.1) is 11.8 Å². The van der Waals surface area contributed by atoms with E-state index in [-0.39, 0.29) is 33.2 Å². The summed E-state index contributed by atoms with van der Waals surface area (Å²) in [4.78, 5) is 24.9. The monoisotopic (exact) mass is 456 g/mol. The van der Waals surface area contributed by atoms with E-state index in [4.69, 9.17) is 11.6 Å². The lowest BCUT2D eigenvalue weighted by atomic mass is 10.2. The number of fused-ring (bicyclic) bond motifs is 1. The molecule has 1 aliphatic heterocycles. The number of rotatable bonds is 6. The third-order valence-electron chi connectivity index (χ3n) is 4.30. The summed E-state index contributed by atoms with van der Waals surface area (Å²) < 4.78 is 38.4. The van der Waals surface area contributed by atoms with Crippen LogP contribution in [0.5, 0.6) is 0 Å². The molecule has 0 saturated heterocycles. The van der Waals surface area contributed by atoms with E-state index in [1.54, 1.807) is 6.07 Å². The fourth-order valence-electron chi connectivity index (χ4n) is 2.73. The van der Waals surface area contributed by atoms with Gasteiger partial charge in [0.15, 0.2) is 9.84 Å². The van der Waals surface area contributed by atoms with Gasteiger partial charge in [0.05, 0.1) is 26.6 Å². The number of carbonyl (C=O) groups excluding carboxylic acids is 2. The van der Waals surface area contributed by atoms with Gasteiger partial charge < -0.3 is 10.6 Å².